The molecule has 1 aliphatic rings. The minimum absolute atomic E-state index is 0.264. The molecule has 1 atom stereocenters. The van der Waals surface area contributed by atoms with E-state index in [9.17, 15) is 13.2 Å². The summed E-state index contributed by atoms with van der Waals surface area (Å²) in [6, 6.07) is 4.84. The van der Waals surface area contributed by atoms with Gasteiger partial charge in [0, 0.05) is 13.6 Å². The lowest BCUT2D eigenvalue weighted by atomic mass is 10.1. The maximum absolute atomic E-state index is 11.7. The lowest BCUT2D eigenvalue weighted by molar-refractivity contribution is 0.0957. The molecule has 1 amide bonds. The van der Waals surface area contributed by atoms with Gasteiger partial charge in [-0.3, -0.25) is 4.79 Å². The van der Waals surface area contributed by atoms with Crippen LogP contribution in [0.3, 0.4) is 0 Å². The fourth-order valence-corrected chi connectivity index (χ4v) is 3.46. The maximum atomic E-state index is 11.7. The summed E-state index contributed by atoms with van der Waals surface area (Å²) in [4.78, 5) is 15.8. The Hall–Kier alpha value is -1.47. The van der Waals surface area contributed by atoms with E-state index in [1.165, 1.54) is 17.6 Å². The van der Waals surface area contributed by atoms with Crippen LogP contribution in [0.15, 0.2) is 18.2 Å². The molecule has 1 aliphatic heterocycles. The van der Waals surface area contributed by atoms with Crippen LogP contribution in [0.2, 0.25) is 0 Å². The van der Waals surface area contributed by atoms with Crippen molar-refractivity contribution in [3.05, 3.63) is 29.6 Å². The first-order chi connectivity index (χ1) is 8.93. The summed E-state index contributed by atoms with van der Waals surface area (Å²) in [6.45, 7) is 0.509. The number of carbonyl (C=O) groups is 1. The van der Waals surface area contributed by atoms with Crippen LogP contribution < -0.4 is 5.32 Å². The van der Waals surface area contributed by atoms with Crippen LogP contribution in [-0.4, -0.2) is 43.5 Å². The van der Waals surface area contributed by atoms with Crippen LogP contribution in [0.5, 0.6) is 0 Å². The molecule has 104 valence electrons. The molecule has 6 nitrogen and oxygen atoms in total. The zero-order valence-electron chi connectivity index (χ0n) is 11.0. The molecule has 0 bridgehead atoms. The number of aromatic nitrogens is 1. The summed E-state index contributed by atoms with van der Waals surface area (Å²) in [6.07, 6.45) is 2.74. The second-order valence-electron chi connectivity index (χ2n) is 4.56. The lowest BCUT2D eigenvalue weighted by Gasteiger charge is -2.21. The fraction of sp³-hybridized carbons (Fsp3) is 0.500. The second-order valence-corrected chi connectivity index (χ2v) is 6.49. The average molecular weight is 283 g/mol. The van der Waals surface area contributed by atoms with Crippen LogP contribution in [0.25, 0.3) is 0 Å². The smallest absolute Gasteiger partial charge is 0.269 e. The van der Waals surface area contributed by atoms with E-state index in [2.05, 4.69) is 10.3 Å². The van der Waals surface area contributed by atoms with Gasteiger partial charge in [-0.1, -0.05) is 6.07 Å². The monoisotopic (exact) mass is 283 g/mol. The van der Waals surface area contributed by atoms with Crippen LogP contribution in [0.4, 0.5) is 0 Å². The van der Waals surface area contributed by atoms with Crippen molar-refractivity contribution in [3.63, 3.8) is 0 Å². The Bertz CT molecular complexity index is 586. The summed E-state index contributed by atoms with van der Waals surface area (Å²) < 4.78 is 24.9. The van der Waals surface area contributed by atoms with Crippen LogP contribution in [0, 0.1) is 0 Å². The molecular formula is C12H17N3O3S. The molecule has 1 unspecified atom stereocenters. The normalized spacial score (nSPS) is 20.4. The van der Waals surface area contributed by atoms with E-state index in [-0.39, 0.29) is 11.9 Å². The van der Waals surface area contributed by atoms with E-state index >= 15 is 0 Å². The quantitative estimate of drug-likeness (QED) is 0.878. The largest absolute Gasteiger partial charge is 0.354 e. The summed E-state index contributed by atoms with van der Waals surface area (Å²) in [5.74, 6) is -0.272. The van der Waals surface area contributed by atoms with E-state index in [0.717, 1.165) is 12.8 Å². The number of sulfonamides is 1. The minimum atomic E-state index is -3.25. The van der Waals surface area contributed by atoms with Gasteiger partial charge in [0.1, 0.15) is 5.69 Å². The third-order valence-corrected chi connectivity index (χ3v) is 4.49. The zero-order chi connectivity index (χ0) is 14.0. The number of hydrogen-bond donors (Lipinski definition) is 1. The number of pyridine rings is 1. The molecule has 0 spiro atoms. The van der Waals surface area contributed by atoms with E-state index in [0.29, 0.717) is 17.9 Å². The number of rotatable bonds is 3. The molecule has 1 fully saturated rings. The average Bonchev–Trinajstić information content (AvgIpc) is 2.87. The SMILES string of the molecule is CNC(=O)c1cccc(C2CCCN2S(C)(=O)=O)n1. The minimum Gasteiger partial charge on any atom is -0.354 e. The Kier molecular flexibility index (Phi) is 3.86. The second kappa shape index (κ2) is 5.26. The van der Waals surface area contributed by atoms with E-state index in [4.69, 9.17) is 0 Å². The van der Waals surface area contributed by atoms with E-state index in [1.807, 2.05) is 0 Å². The fourth-order valence-electron chi connectivity index (χ4n) is 2.32. The highest BCUT2D eigenvalue weighted by atomic mass is 32.2. The Morgan fingerprint density at radius 2 is 2.21 bits per heavy atom. The van der Waals surface area contributed by atoms with E-state index in [1.54, 1.807) is 18.2 Å². The number of hydrogen-bond acceptors (Lipinski definition) is 4. The van der Waals surface area contributed by atoms with Crippen molar-refractivity contribution in [1.29, 1.82) is 0 Å². The molecule has 1 saturated heterocycles. The molecule has 0 saturated carbocycles. The summed E-state index contributed by atoms with van der Waals surface area (Å²) in [5, 5.41) is 2.51. The summed E-state index contributed by atoms with van der Waals surface area (Å²) in [7, 11) is -1.71. The van der Waals surface area contributed by atoms with Crippen molar-refractivity contribution in [1.82, 2.24) is 14.6 Å². The zero-order valence-corrected chi connectivity index (χ0v) is 11.8. The molecular weight excluding hydrogens is 266 g/mol. The highest BCUT2D eigenvalue weighted by molar-refractivity contribution is 7.88. The van der Waals surface area contributed by atoms with Gasteiger partial charge in [-0.15, -0.1) is 0 Å². The molecule has 1 N–H and O–H groups in total. The Morgan fingerprint density at radius 3 is 2.84 bits per heavy atom. The highest BCUT2D eigenvalue weighted by Gasteiger charge is 2.33. The Balaban J connectivity index is 2.34. The van der Waals surface area contributed by atoms with E-state index < -0.39 is 10.0 Å². The lowest BCUT2D eigenvalue weighted by Crippen LogP contribution is -2.30. The standard InChI is InChI=1S/C12H17N3O3S/c1-13-12(16)10-6-3-5-9(14-10)11-7-4-8-15(11)19(2,17)18/h3,5-6,11H,4,7-8H2,1-2H3,(H,13,16). The van der Waals surface area contributed by atoms with Gasteiger partial charge in [0.25, 0.3) is 5.91 Å². The molecule has 7 heteroatoms. The van der Waals surface area contributed by atoms with Gasteiger partial charge in [-0.2, -0.15) is 4.31 Å². The van der Waals surface area contributed by atoms with Gasteiger partial charge < -0.3 is 5.32 Å². The maximum Gasteiger partial charge on any atom is 0.269 e. The van der Waals surface area contributed by atoms with Gasteiger partial charge in [0.15, 0.2) is 0 Å². The molecule has 0 aliphatic carbocycles. The van der Waals surface area contributed by atoms with Gasteiger partial charge in [0.05, 0.1) is 18.0 Å². The third kappa shape index (κ3) is 2.93. The Morgan fingerprint density at radius 1 is 1.47 bits per heavy atom. The van der Waals surface area contributed by atoms with Crippen LogP contribution >= 0.6 is 0 Å². The van der Waals surface area contributed by atoms with Crippen LogP contribution in [-0.2, 0) is 10.0 Å². The van der Waals surface area contributed by atoms with Crippen molar-refractivity contribution in [3.8, 4) is 0 Å². The summed E-state index contributed by atoms with van der Waals surface area (Å²) >= 11 is 0. The van der Waals surface area contributed by atoms with Gasteiger partial charge >= 0.3 is 0 Å². The number of carbonyl (C=O) groups excluding carboxylic acids is 1. The molecule has 2 rings (SSSR count). The third-order valence-electron chi connectivity index (χ3n) is 3.20. The molecule has 1 aromatic heterocycles. The summed E-state index contributed by atoms with van der Waals surface area (Å²) in [5.41, 5.74) is 0.935. The molecule has 0 radical (unpaired) electrons. The Labute approximate surface area is 112 Å². The number of amides is 1. The first-order valence-corrected chi connectivity index (χ1v) is 7.94. The van der Waals surface area contributed by atoms with Crippen molar-refractivity contribution >= 4 is 15.9 Å². The highest BCUT2D eigenvalue weighted by Crippen LogP contribution is 2.32. The topological polar surface area (TPSA) is 79.4 Å². The number of nitrogens with zero attached hydrogens (tertiary/aromatic N) is 2. The molecule has 1 aromatic rings. The van der Waals surface area contributed by atoms with Crippen molar-refractivity contribution in [2.45, 2.75) is 18.9 Å². The first kappa shape index (κ1) is 14.0. The van der Waals surface area contributed by atoms with Crippen molar-refractivity contribution < 1.29 is 13.2 Å². The van der Waals surface area contributed by atoms with Gasteiger partial charge in [-0.05, 0) is 25.0 Å². The predicted octanol–water partition coefficient (Wildman–Crippen LogP) is 0.538. The number of nitrogens with one attached hydrogen (secondary N) is 1. The molecule has 19 heavy (non-hydrogen) atoms. The van der Waals surface area contributed by atoms with Gasteiger partial charge in [0.2, 0.25) is 10.0 Å². The first-order valence-electron chi connectivity index (χ1n) is 6.09. The molecule has 2 heterocycles. The van der Waals surface area contributed by atoms with Crippen molar-refractivity contribution in [2.75, 3.05) is 19.8 Å². The van der Waals surface area contributed by atoms with Crippen molar-refractivity contribution in [2.24, 2.45) is 0 Å². The van der Waals surface area contributed by atoms with Gasteiger partial charge in [-0.25, -0.2) is 13.4 Å². The predicted molar refractivity (Wildman–Crippen MR) is 71.2 cm³/mol. The van der Waals surface area contributed by atoms with Crippen LogP contribution in [0.1, 0.15) is 35.1 Å². The molecule has 0 aromatic carbocycles.